The van der Waals surface area contributed by atoms with Crippen molar-refractivity contribution < 1.29 is 9.63 Å². The van der Waals surface area contributed by atoms with Crippen LogP contribution in [0.2, 0.25) is 0 Å². The van der Waals surface area contributed by atoms with Gasteiger partial charge in [0, 0.05) is 16.1 Å². The van der Waals surface area contributed by atoms with Crippen LogP contribution in [0, 0.1) is 3.57 Å². The van der Waals surface area contributed by atoms with E-state index in [-0.39, 0.29) is 5.97 Å². The second-order valence-corrected chi connectivity index (χ2v) is 4.91. The maximum Gasteiger partial charge on any atom is 0.331 e. The predicted octanol–water partition coefficient (Wildman–Crippen LogP) is 2.89. The van der Waals surface area contributed by atoms with Gasteiger partial charge >= 0.3 is 5.97 Å². The summed E-state index contributed by atoms with van der Waals surface area (Å²) < 4.78 is 1.17. The number of hydrogen-bond donors (Lipinski definition) is 0. The number of aryl methyl sites for hydroxylation is 1. The maximum absolute atomic E-state index is 10.8. The molecule has 0 aliphatic heterocycles. The van der Waals surface area contributed by atoms with Gasteiger partial charge in [0.25, 0.3) is 0 Å². The molecule has 0 aromatic heterocycles. The summed E-state index contributed by atoms with van der Waals surface area (Å²) in [5, 5.41) is 3.95. The molecule has 0 radical (unpaired) electrons. The monoisotopic (exact) mass is 329 g/mol. The van der Waals surface area contributed by atoms with E-state index in [1.807, 2.05) is 6.07 Å². The van der Waals surface area contributed by atoms with Gasteiger partial charge in [0.1, 0.15) is 0 Å². The van der Waals surface area contributed by atoms with Crippen molar-refractivity contribution in [1.29, 1.82) is 0 Å². The van der Waals surface area contributed by atoms with Crippen molar-refractivity contribution >= 4 is 34.3 Å². The topological polar surface area (TPSA) is 38.7 Å². The largest absolute Gasteiger partial charge is 0.331 e. The van der Waals surface area contributed by atoms with Gasteiger partial charge in [-0.15, -0.1) is 0 Å². The van der Waals surface area contributed by atoms with Crippen molar-refractivity contribution in [3.05, 3.63) is 32.9 Å². The Morgan fingerprint density at radius 2 is 2.25 bits per heavy atom. The standard InChI is InChI=1S/C12H12INO2/c1-8(15)16-14-11-7-3-5-9-4-2-6-10(13)12(9)11/h2,4,6H,3,5,7H2,1H3/b14-11+. The van der Waals surface area contributed by atoms with Gasteiger partial charge in [-0.05, 0) is 53.5 Å². The summed E-state index contributed by atoms with van der Waals surface area (Å²) in [6.07, 6.45) is 3.01. The summed E-state index contributed by atoms with van der Waals surface area (Å²) in [7, 11) is 0. The Hall–Kier alpha value is -0.910. The smallest absolute Gasteiger partial charge is 0.318 e. The Morgan fingerprint density at radius 1 is 1.44 bits per heavy atom. The molecule has 4 heteroatoms. The zero-order chi connectivity index (χ0) is 11.5. The zero-order valence-corrected chi connectivity index (χ0v) is 11.2. The van der Waals surface area contributed by atoms with E-state index in [2.05, 4.69) is 39.9 Å². The third-order valence-corrected chi connectivity index (χ3v) is 3.43. The normalized spacial score (nSPS) is 17.0. The molecule has 0 N–H and O–H groups in total. The van der Waals surface area contributed by atoms with E-state index < -0.39 is 0 Å². The second kappa shape index (κ2) is 4.95. The molecule has 0 saturated heterocycles. The van der Waals surface area contributed by atoms with Gasteiger partial charge in [-0.3, -0.25) is 0 Å². The summed E-state index contributed by atoms with van der Waals surface area (Å²) in [4.78, 5) is 15.5. The van der Waals surface area contributed by atoms with Crippen LogP contribution >= 0.6 is 22.6 Å². The molecule has 0 spiro atoms. The van der Waals surface area contributed by atoms with E-state index in [1.165, 1.54) is 16.1 Å². The molecule has 0 bridgehead atoms. The number of halogens is 1. The van der Waals surface area contributed by atoms with Crippen LogP contribution in [0.25, 0.3) is 0 Å². The molecule has 0 fully saturated rings. The van der Waals surface area contributed by atoms with E-state index in [0.29, 0.717) is 0 Å². The molecule has 2 rings (SSSR count). The van der Waals surface area contributed by atoms with Crippen LogP contribution in [0.3, 0.4) is 0 Å². The van der Waals surface area contributed by atoms with Crippen LogP contribution in [0.15, 0.2) is 23.4 Å². The van der Waals surface area contributed by atoms with Crippen LogP contribution in [-0.4, -0.2) is 11.7 Å². The average Bonchev–Trinajstić information content (AvgIpc) is 2.26. The van der Waals surface area contributed by atoms with E-state index >= 15 is 0 Å². The van der Waals surface area contributed by atoms with Gasteiger partial charge < -0.3 is 4.84 Å². The third-order valence-electron chi connectivity index (χ3n) is 2.53. The van der Waals surface area contributed by atoms with Gasteiger partial charge in [-0.25, -0.2) is 4.79 Å². The number of fused-ring (bicyclic) bond motifs is 1. The number of rotatable bonds is 1. The number of nitrogens with zero attached hydrogens (tertiary/aromatic N) is 1. The highest BCUT2D eigenvalue weighted by Crippen LogP contribution is 2.26. The van der Waals surface area contributed by atoms with Crippen LogP contribution in [0.4, 0.5) is 0 Å². The Morgan fingerprint density at radius 3 is 3.00 bits per heavy atom. The summed E-state index contributed by atoms with van der Waals surface area (Å²) in [6, 6.07) is 6.21. The number of carbonyl (C=O) groups excluding carboxylic acids is 1. The molecule has 84 valence electrons. The van der Waals surface area contributed by atoms with Gasteiger partial charge in [-0.2, -0.15) is 0 Å². The first kappa shape index (κ1) is 11.6. The van der Waals surface area contributed by atoms with Crippen molar-refractivity contribution in [3.63, 3.8) is 0 Å². The van der Waals surface area contributed by atoms with Crippen molar-refractivity contribution in [3.8, 4) is 0 Å². The Labute approximate surface area is 108 Å². The maximum atomic E-state index is 10.8. The summed E-state index contributed by atoms with van der Waals surface area (Å²) >= 11 is 2.29. The number of carbonyl (C=O) groups is 1. The molecule has 1 aromatic rings. The Kier molecular flexibility index (Phi) is 3.58. The fourth-order valence-corrected chi connectivity index (χ4v) is 2.75. The highest BCUT2D eigenvalue weighted by atomic mass is 127. The molecule has 1 aliphatic carbocycles. The van der Waals surface area contributed by atoms with Gasteiger partial charge in [0.2, 0.25) is 0 Å². The van der Waals surface area contributed by atoms with Crippen molar-refractivity contribution in [2.24, 2.45) is 5.16 Å². The minimum Gasteiger partial charge on any atom is -0.318 e. The lowest BCUT2D eigenvalue weighted by Gasteiger charge is -2.18. The zero-order valence-electron chi connectivity index (χ0n) is 9.00. The predicted molar refractivity (Wildman–Crippen MR) is 70.4 cm³/mol. The number of oxime groups is 1. The molecular formula is C12H12INO2. The summed E-state index contributed by atoms with van der Waals surface area (Å²) in [5.41, 5.74) is 3.33. The third kappa shape index (κ3) is 2.42. The van der Waals surface area contributed by atoms with E-state index in [0.717, 1.165) is 30.5 Å². The molecule has 0 heterocycles. The Bertz CT molecular complexity index is 454. The summed E-state index contributed by atoms with van der Waals surface area (Å²) in [6.45, 7) is 1.36. The van der Waals surface area contributed by atoms with Crippen LogP contribution in [0.1, 0.15) is 30.9 Å². The summed E-state index contributed by atoms with van der Waals surface area (Å²) in [5.74, 6) is -0.370. The van der Waals surface area contributed by atoms with Crippen LogP contribution < -0.4 is 0 Å². The van der Waals surface area contributed by atoms with E-state index in [9.17, 15) is 4.79 Å². The first-order chi connectivity index (χ1) is 7.68. The molecule has 0 amide bonds. The van der Waals surface area contributed by atoms with Crippen molar-refractivity contribution in [2.75, 3.05) is 0 Å². The van der Waals surface area contributed by atoms with Crippen molar-refractivity contribution in [2.45, 2.75) is 26.2 Å². The minimum atomic E-state index is -0.370. The van der Waals surface area contributed by atoms with Gasteiger partial charge in [0.15, 0.2) is 0 Å². The minimum absolute atomic E-state index is 0.370. The van der Waals surface area contributed by atoms with Gasteiger partial charge in [-0.1, -0.05) is 17.3 Å². The molecule has 1 aromatic carbocycles. The van der Waals surface area contributed by atoms with Gasteiger partial charge in [0.05, 0.1) is 5.71 Å². The molecule has 16 heavy (non-hydrogen) atoms. The number of hydrogen-bond acceptors (Lipinski definition) is 3. The fourth-order valence-electron chi connectivity index (χ4n) is 1.88. The molecule has 0 atom stereocenters. The van der Waals surface area contributed by atoms with Crippen LogP contribution in [0.5, 0.6) is 0 Å². The SMILES string of the molecule is CC(=O)O/N=C1\CCCc2cccc(I)c21. The molecule has 0 saturated carbocycles. The molecular weight excluding hydrogens is 317 g/mol. The molecule has 3 nitrogen and oxygen atoms in total. The fraction of sp³-hybridized carbons (Fsp3) is 0.333. The lowest BCUT2D eigenvalue weighted by atomic mass is 9.90. The highest BCUT2D eigenvalue weighted by molar-refractivity contribution is 14.1. The first-order valence-corrected chi connectivity index (χ1v) is 6.28. The van der Waals surface area contributed by atoms with E-state index in [4.69, 9.17) is 4.84 Å². The lowest BCUT2D eigenvalue weighted by molar-refractivity contribution is -0.140. The average molecular weight is 329 g/mol. The molecule has 1 aliphatic rings. The van der Waals surface area contributed by atoms with Crippen molar-refractivity contribution in [1.82, 2.24) is 0 Å². The lowest BCUT2D eigenvalue weighted by Crippen LogP contribution is -2.14. The number of benzene rings is 1. The van der Waals surface area contributed by atoms with E-state index in [1.54, 1.807) is 0 Å². The Balaban J connectivity index is 2.39. The first-order valence-electron chi connectivity index (χ1n) is 5.20. The highest BCUT2D eigenvalue weighted by Gasteiger charge is 2.18. The quantitative estimate of drug-likeness (QED) is 0.451. The van der Waals surface area contributed by atoms with Crippen LogP contribution in [-0.2, 0) is 16.1 Å². The second-order valence-electron chi connectivity index (χ2n) is 3.75. The molecule has 0 unspecified atom stereocenters.